The van der Waals surface area contributed by atoms with E-state index >= 15 is 0 Å². The molecule has 0 aliphatic heterocycles. The van der Waals surface area contributed by atoms with E-state index in [4.69, 9.17) is 0 Å². The molecule has 12 heavy (non-hydrogen) atoms. The van der Waals surface area contributed by atoms with Gasteiger partial charge in [-0.2, -0.15) is 0 Å². The molecule has 0 saturated heterocycles. The standard InChI is InChI=1S/C7H13O2.2BrH.Zn/c1-3-5-6-7(8)9-4-2;;;/h1,3-6H2,2H3;2*1H;/q;;;+2/p-2. The predicted molar refractivity (Wildman–Crippen MR) is 53.7 cm³/mol. The summed E-state index contributed by atoms with van der Waals surface area (Å²) in [5.41, 5.74) is 0. The van der Waals surface area contributed by atoms with Gasteiger partial charge in [0.15, 0.2) is 0 Å². The monoisotopic (exact) mass is 351 g/mol. The average molecular weight is 354 g/mol. The van der Waals surface area contributed by atoms with Crippen molar-refractivity contribution in [1.82, 2.24) is 0 Å². The zero-order chi connectivity index (χ0) is 9.82. The number of esters is 1. The summed E-state index contributed by atoms with van der Waals surface area (Å²) in [4.78, 5) is 10.6. The van der Waals surface area contributed by atoms with Crippen molar-refractivity contribution < 1.29 is 22.7 Å². The van der Waals surface area contributed by atoms with Crippen molar-refractivity contribution in [3.63, 3.8) is 0 Å². The second-order valence-corrected chi connectivity index (χ2v) is 15.9. The van der Waals surface area contributed by atoms with E-state index < -0.39 is 0 Å². The summed E-state index contributed by atoms with van der Waals surface area (Å²) in [5.74, 6) is -0.110. The van der Waals surface area contributed by atoms with Gasteiger partial charge >= 0.3 is 46.4 Å². The van der Waals surface area contributed by atoms with Crippen LogP contribution in [0.15, 0.2) is 0 Å². The Labute approximate surface area is 95.1 Å². The summed E-state index contributed by atoms with van der Waals surface area (Å²) >= 11 is 6.25. The molecule has 0 heterocycles. The van der Waals surface area contributed by atoms with Gasteiger partial charge in [0.05, 0.1) is 6.61 Å². The van der Waals surface area contributed by atoms with Crippen LogP contribution >= 0.6 is 27.2 Å². The minimum atomic E-state index is -0.250. The third-order valence-electron chi connectivity index (χ3n) is 0.936. The molecule has 0 aliphatic rings. The number of hydrogen-bond donors (Lipinski definition) is 0. The minimum Gasteiger partial charge on any atom is -0.466 e. The summed E-state index contributed by atoms with van der Waals surface area (Å²) in [6, 6.07) is 0. The molecule has 0 aliphatic carbocycles. The Morgan fingerprint density at radius 1 is 1.58 bits per heavy atom. The summed E-state index contributed by atoms with van der Waals surface area (Å²) in [6.45, 7) is 5.90. The summed E-state index contributed by atoms with van der Waals surface area (Å²) in [7, 11) is 0. The van der Waals surface area contributed by atoms with Crippen molar-refractivity contribution in [3.8, 4) is 0 Å². The van der Waals surface area contributed by atoms with E-state index in [1.807, 2.05) is 6.92 Å². The molecule has 2 nitrogen and oxygen atoms in total. The largest absolute Gasteiger partial charge is 0.466 e. The number of carbonyl (C=O) groups is 1. The van der Waals surface area contributed by atoms with Gasteiger partial charge in [0.1, 0.15) is 0 Å². The first kappa shape index (κ1) is 15.5. The van der Waals surface area contributed by atoms with Gasteiger partial charge < -0.3 is 4.74 Å². The molecule has 0 bridgehead atoms. The van der Waals surface area contributed by atoms with E-state index in [0.717, 1.165) is 12.8 Å². The fourth-order valence-electron chi connectivity index (χ4n) is 0.502. The zero-order valence-electron chi connectivity index (χ0n) is 7.32. The number of unbranched alkanes of at least 4 members (excludes halogenated alkanes) is 1. The van der Waals surface area contributed by atoms with Gasteiger partial charge in [0.25, 0.3) is 0 Å². The molecule has 1 radical (unpaired) electrons. The normalized spacial score (nSPS) is 7.67. The van der Waals surface area contributed by atoms with Gasteiger partial charge in [0, 0.05) is 6.42 Å². The molecule has 0 fully saturated rings. The molecule has 0 spiro atoms. The van der Waals surface area contributed by atoms with Gasteiger partial charge in [-0.15, -0.1) is 0 Å². The quantitative estimate of drug-likeness (QED) is 0.572. The van der Waals surface area contributed by atoms with Gasteiger partial charge in [0.2, 0.25) is 0 Å². The molecular weight excluding hydrogens is 341 g/mol. The van der Waals surface area contributed by atoms with Crippen LogP contribution in [0.2, 0.25) is 0 Å². The Bertz CT molecular complexity index is 101. The molecule has 0 amide bonds. The number of ether oxygens (including phenoxy) is 1. The first-order valence-corrected chi connectivity index (χ1v) is 17.7. The van der Waals surface area contributed by atoms with E-state index in [1.54, 1.807) is 0 Å². The van der Waals surface area contributed by atoms with Crippen LogP contribution in [0.1, 0.15) is 26.2 Å². The van der Waals surface area contributed by atoms with E-state index in [1.165, 1.54) is 0 Å². The third kappa shape index (κ3) is 17.2. The smallest absolute Gasteiger partial charge is 0.305 e. The van der Waals surface area contributed by atoms with E-state index in [2.05, 4.69) is 38.9 Å². The molecule has 0 unspecified atom stereocenters. The Kier molecular flexibility index (Phi) is 18.8. The van der Waals surface area contributed by atoms with E-state index in [-0.39, 0.29) is 19.2 Å². The maximum Gasteiger partial charge on any atom is 0.305 e. The number of halogens is 2. The zero-order valence-corrected chi connectivity index (χ0v) is 13.5. The van der Waals surface area contributed by atoms with Crippen LogP contribution in [-0.4, -0.2) is 12.6 Å². The van der Waals surface area contributed by atoms with E-state index in [0.29, 0.717) is 13.0 Å². The Hall–Kier alpha value is 1.05. The van der Waals surface area contributed by atoms with Crippen molar-refractivity contribution in [2.24, 2.45) is 0 Å². The number of carbonyl (C=O) groups excluding carboxylic acids is 1. The second kappa shape index (κ2) is 14.6. The summed E-state index contributed by atoms with van der Waals surface area (Å²) in [5, 5.41) is 0. The van der Waals surface area contributed by atoms with Crippen molar-refractivity contribution in [1.29, 1.82) is 0 Å². The number of rotatable bonds is 4. The third-order valence-corrected chi connectivity index (χ3v) is 0.936. The van der Waals surface area contributed by atoms with Gasteiger partial charge in [-0.1, -0.05) is 13.3 Å². The van der Waals surface area contributed by atoms with Crippen molar-refractivity contribution in [2.45, 2.75) is 26.2 Å². The SMILES string of the molecule is [Br][Zn][Br].[CH2]CCCC(=O)OCC. The van der Waals surface area contributed by atoms with Gasteiger partial charge in [-0.25, -0.2) is 0 Å². The van der Waals surface area contributed by atoms with Crippen LogP contribution in [0.5, 0.6) is 0 Å². The molecule has 0 N–H and O–H groups in total. The topological polar surface area (TPSA) is 26.3 Å². The fourth-order valence-corrected chi connectivity index (χ4v) is 0.502. The molecule has 0 aromatic rings. The van der Waals surface area contributed by atoms with Crippen LogP contribution in [0, 0.1) is 6.92 Å². The molecular formula is C7H13Br2O2Zn. The predicted octanol–water partition coefficient (Wildman–Crippen LogP) is 3.24. The molecule has 0 atom stereocenters. The van der Waals surface area contributed by atoms with E-state index in [9.17, 15) is 4.79 Å². The first-order chi connectivity index (χ1) is 5.72. The van der Waals surface area contributed by atoms with Crippen LogP contribution in [0.4, 0.5) is 0 Å². The van der Waals surface area contributed by atoms with Crippen LogP contribution in [0.3, 0.4) is 0 Å². The summed E-state index contributed by atoms with van der Waals surface area (Å²) in [6.07, 6.45) is 2.15. The Balaban J connectivity index is 0. The fraction of sp³-hybridized carbons (Fsp3) is 0.714. The molecule has 0 rings (SSSR count). The van der Waals surface area contributed by atoms with Crippen molar-refractivity contribution in [2.75, 3.05) is 6.61 Å². The molecule has 5 heteroatoms. The molecule has 0 aromatic carbocycles. The molecule has 0 saturated carbocycles. The van der Waals surface area contributed by atoms with Gasteiger partial charge in [-0.3, -0.25) is 4.79 Å². The maximum absolute atomic E-state index is 10.6. The Morgan fingerprint density at radius 2 is 2.08 bits per heavy atom. The number of hydrogen-bond acceptors (Lipinski definition) is 2. The molecule has 69 valence electrons. The average Bonchev–Trinajstić information content (AvgIpc) is 2.03. The van der Waals surface area contributed by atoms with Crippen molar-refractivity contribution >= 4 is 33.2 Å². The van der Waals surface area contributed by atoms with Crippen LogP contribution < -0.4 is 0 Å². The second-order valence-electron chi connectivity index (χ2n) is 1.86. The van der Waals surface area contributed by atoms with Crippen LogP contribution in [-0.2, 0) is 22.7 Å². The summed E-state index contributed by atoms with van der Waals surface area (Å²) < 4.78 is 4.68. The van der Waals surface area contributed by atoms with Gasteiger partial charge in [-0.05, 0) is 13.3 Å². The minimum absolute atomic E-state index is 0.110. The molecule has 0 aromatic heterocycles. The van der Waals surface area contributed by atoms with Crippen molar-refractivity contribution in [3.05, 3.63) is 6.92 Å². The Morgan fingerprint density at radius 3 is 2.42 bits per heavy atom. The first-order valence-electron chi connectivity index (χ1n) is 3.79. The maximum atomic E-state index is 10.6. The van der Waals surface area contributed by atoms with Crippen LogP contribution in [0.25, 0.3) is 0 Å².